The van der Waals surface area contributed by atoms with Gasteiger partial charge in [-0.05, 0) is 25.1 Å². The Morgan fingerprint density at radius 2 is 2.00 bits per heavy atom. The largest absolute Gasteiger partial charge is 0.509 e. The van der Waals surface area contributed by atoms with Gasteiger partial charge in [0.25, 0.3) is 0 Å². The fourth-order valence-electron chi connectivity index (χ4n) is 3.32. The number of hydrogen-bond acceptors (Lipinski definition) is 6. The average Bonchev–Trinajstić information content (AvgIpc) is 3.01. The number of amides is 2. The summed E-state index contributed by atoms with van der Waals surface area (Å²) in [5.74, 6) is 1.39. The van der Waals surface area contributed by atoms with E-state index in [1.165, 1.54) is 0 Å². The number of benzene rings is 1. The Balaban J connectivity index is 1.61. The standard InChI is InChI=1S/C18H24N2O6/c1-12(14-10-13(23-2)4-5-15(14)24-3)19-16(21)20-8-6-18(7-9-20)11-25-17(22)26-18/h4-5,10,12H,6-9,11H2,1-3H3,(H,19,21)/t12-/m1/s1. The highest BCUT2D eigenvalue weighted by molar-refractivity contribution is 5.75. The average molecular weight is 364 g/mol. The lowest BCUT2D eigenvalue weighted by atomic mass is 9.92. The second kappa shape index (κ2) is 7.31. The quantitative estimate of drug-likeness (QED) is 0.826. The van der Waals surface area contributed by atoms with E-state index in [-0.39, 0.29) is 18.7 Å². The number of nitrogens with one attached hydrogen (secondary N) is 1. The number of cyclic esters (lactones) is 1. The Hall–Kier alpha value is -2.64. The minimum Gasteiger partial charge on any atom is -0.497 e. The first-order valence-electron chi connectivity index (χ1n) is 8.59. The van der Waals surface area contributed by atoms with Crippen LogP contribution in [0.15, 0.2) is 18.2 Å². The van der Waals surface area contributed by atoms with Gasteiger partial charge in [0.1, 0.15) is 18.1 Å². The van der Waals surface area contributed by atoms with Crippen molar-refractivity contribution in [1.29, 1.82) is 0 Å². The van der Waals surface area contributed by atoms with E-state index in [0.29, 0.717) is 37.4 Å². The fourth-order valence-corrected chi connectivity index (χ4v) is 3.32. The van der Waals surface area contributed by atoms with Gasteiger partial charge in [-0.1, -0.05) is 0 Å². The molecule has 2 aliphatic heterocycles. The molecule has 26 heavy (non-hydrogen) atoms. The van der Waals surface area contributed by atoms with Crippen LogP contribution >= 0.6 is 0 Å². The third-order valence-corrected chi connectivity index (χ3v) is 4.96. The van der Waals surface area contributed by atoms with Crippen LogP contribution in [0.1, 0.15) is 31.4 Å². The van der Waals surface area contributed by atoms with E-state index in [1.54, 1.807) is 19.1 Å². The molecule has 1 spiro atoms. The molecule has 0 saturated carbocycles. The third kappa shape index (κ3) is 3.63. The maximum atomic E-state index is 12.6. The molecule has 1 atom stereocenters. The number of carbonyl (C=O) groups excluding carboxylic acids is 2. The van der Waals surface area contributed by atoms with Crippen LogP contribution in [-0.4, -0.2) is 56.6 Å². The Bertz CT molecular complexity index is 684. The van der Waals surface area contributed by atoms with Gasteiger partial charge in [0.2, 0.25) is 0 Å². The lowest BCUT2D eigenvalue weighted by Crippen LogP contribution is -2.51. The van der Waals surface area contributed by atoms with Crippen molar-refractivity contribution < 1.29 is 28.5 Å². The molecule has 8 nitrogen and oxygen atoms in total. The van der Waals surface area contributed by atoms with Gasteiger partial charge in [-0.2, -0.15) is 0 Å². The van der Waals surface area contributed by atoms with Crippen LogP contribution in [0.3, 0.4) is 0 Å². The van der Waals surface area contributed by atoms with E-state index in [4.69, 9.17) is 18.9 Å². The molecule has 3 rings (SSSR count). The first kappa shape index (κ1) is 18.2. The summed E-state index contributed by atoms with van der Waals surface area (Å²) in [6.45, 7) is 3.17. The number of likely N-dealkylation sites (tertiary alicyclic amines) is 1. The fraction of sp³-hybridized carbons (Fsp3) is 0.556. The molecule has 2 aliphatic rings. The molecule has 0 radical (unpaired) electrons. The van der Waals surface area contributed by atoms with Gasteiger partial charge in [0.05, 0.1) is 20.3 Å². The van der Waals surface area contributed by atoms with Crippen molar-refractivity contribution in [3.63, 3.8) is 0 Å². The molecular formula is C18H24N2O6. The number of methoxy groups -OCH3 is 2. The van der Waals surface area contributed by atoms with Gasteiger partial charge in [-0.3, -0.25) is 0 Å². The third-order valence-electron chi connectivity index (χ3n) is 4.96. The van der Waals surface area contributed by atoms with Crippen LogP contribution in [-0.2, 0) is 9.47 Å². The summed E-state index contributed by atoms with van der Waals surface area (Å²) in [7, 11) is 3.19. The topological polar surface area (TPSA) is 86.3 Å². The van der Waals surface area contributed by atoms with Gasteiger partial charge in [-0.15, -0.1) is 0 Å². The summed E-state index contributed by atoms with van der Waals surface area (Å²) >= 11 is 0. The van der Waals surface area contributed by atoms with Gasteiger partial charge < -0.3 is 29.2 Å². The molecule has 2 amide bonds. The SMILES string of the molecule is COc1ccc(OC)c([C@@H](C)NC(=O)N2CCC3(CC2)COC(=O)O3)c1. The molecular weight excluding hydrogens is 340 g/mol. The lowest BCUT2D eigenvalue weighted by molar-refractivity contribution is 0.00917. The highest BCUT2D eigenvalue weighted by atomic mass is 16.8. The van der Waals surface area contributed by atoms with Crippen LogP contribution in [0.5, 0.6) is 11.5 Å². The van der Waals surface area contributed by atoms with E-state index in [2.05, 4.69) is 5.32 Å². The summed E-state index contributed by atoms with van der Waals surface area (Å²) < 4.78 is 20.8. The molecule has 0 unspecified atom stereocenters. The number of carbonyl (C=O) groups is 2. The monoisotopic (exact) mass is 364 g/mol. The van der Waals surface area contributed by atoms with Crippen molar-refractivity contribution in [2.75, 3.05) is 33.9 Å². The molecule has 8 heteroatoms. The smallest absolute Gasteiger partial charge is 0.497 e. The maximum Gasteiger partial charge on any atom is 0.509 e. The highest BCUT2D eigenvalue weighted by Crippen LogP contribution is 2.32. The lowest BCUT2D eigenvalue weighted by Gasteiger charge is -2.36. The Morgan fingerprint density at radius 3 is 2.58 bits per heavy atom. The van der Waals surface area contributed by atoms with Crippen LogP contribution < -0.4 is 14.8 Å². The molecule has 1 N–H and O–H groups in total. The second-order valence-corrected chi connectivity index (χ2v) is 6.59. The molecule has 0 aromatic heterocycles. The van der Waals surface area contributed by atoms with Gasteiger partial charge in [0, 0.05) is 31.5 Å². The van der Waals surface area contributed by atoms with Crippen molar-refractivity contribution in [2.45, 2.75) is 31.4 Å². The minimum absolute atomic E-state index is 0.164. The van der Waals surface area contributed by atoms with Crippen molar-refractivity contribution >= 4 is 12.2 Å². The van der Waals surface area contributed by atoms with Crippen LogP contribution in [0, 0.1) is 0 Å². The van der Waals surface area contributed by atoms with Crippen LogP contribution in [0.25, 0.3) is 0 Å². The van der Waals surface area contributed by atoms with E-state index >= 15 is 0 Å². The summed E-state index contributed by atoms with van der Waals surface area (Å²) in [5.41, 5.74) is 0.266. The first-order valence-corrected chi connectivity index (χ1v) is 8.59. The van der Waals surface area contributed by atoms with E-state index in [1.807, 2.05) is 25.1 Å². The number of nitrogens with zero attached hydrogens (tertiary/aromatic N) is 1. The van der Waals surface area contributed by atoms with Gasteiger partial charge >= 0.3 is 12.2 Å². The summed E-state index contributed by atoms with van der Waals surface area (Å²) in [6, 6.07) is 5.06. The summed E-state index contributed by atoms with van der Waals surface area (Å²) in [6.07, 6.45) is 0.521. The number of hydrogen-bond donors (Lipinski definition) is 1. The molecule has 2 fully saturated rings. The normalized spacial score (nSPS) is 19.5. The minimum atomic E-state index is -0.623. The summed E-state index contributed by atoms with van der Waals surface area (Å²) in [4.78, 5) is 25.5. The van der Waals surface area contributed by atoms with Crippen molar-refractivity contribution in [3.8, 4) is 11.5 Å². The zero-order valence-corrected chi connectivity index (χ0v) is 15.2. The number of urea groups is 1. The summed E-state index contributed by atoms with van der Waals surface area (Å²) in [5, 5.41) is 2.99. The molecule has 1 aromatic carbocycles. The molecule has 2 saturated heterocycles. The number of rotatable bonds is 4. The molecule has 0 aliphatic carbocycles. The zero-order valence-electron chi connectivity index (χ0n) is 15.2. The van der Waals surface area contributed by atoms with Gasteiger partial charge in [-0.25, -0.2) is 9.59 Å². The predicted molar refractivity (Wildman–Crippen MR) is 92.5 cm³/mol. The molecule has 1 aromatic rings. The second-order valence-electron chi connectivity index (χ2n) is 6.59. The number of piperidine rings is 1. The molecule has 142 valence electrons. The van der Waals surface area contributed by atoms with Crippen molar-refractivity contribution in [2.24, 2.45) is 0 Å². The maximum absolute atomic E-state index is 12.6. The first-order chi connectivity index (χ1) is 12.5. The van der Waals surface area contributed by atoms with Crippen molar-refractivity contribution in [3.05, 3.63) is 23.8 Å². The number of ether oxygens (including phenoxy) is 4. The van der Waals surface area contributed by atoms with Crippen LogP contribution in [0.2, 0.25) is 0 Å². The zero-order chi connectivity index (χ0) is 18.7. The van der Waals surface area contributed by atoms with E-state index in [0.717, 1.165) is 5.56 Å². The molecule has 0 bridgehead atoms. The van der Waals surface area contributed by atoms with E-state index < -0.39 is 11.8 Å². The Morgan fingerprint density at radius 1 is 1.27 bits per heavy atom. The highest BCUT2D eigenvalue weighted by Gasteiger charge is 2.45. The van der Waals surface area contributed by atoms with Crippen molar-refractivity contribution in [1.82, 2.24) is 10.2 Å². The van der Waals surface area contributed by atoms with Gasteiger partial charge in [0.15, 0.2) is 5.60 Å². The molecule has 2 heterocycles. The van der Waals surface area contributed by atoms with Crippen LogP contribution in [0.4, 0.5) is 9.59 Å². The predicted octanol–water partition coefficient (Wildman–Crippen LogP) is 2.48. The Kier molecular flexibility index (Phi) is 5.11. The Labute approximate surface area is 152 Å². The van der Waals surface area contributed by atoms with E-state index in [9.17, 15) is 9.59 Å².